The summed E-state index contributed by atoms with van der Waals surface area (Å²) in [6, 6.07) is 7.39. The Balaban J connectivity index is 1.84. The summed E-state index contributed by atoms with van der Waals surface area (Å²) in [6.07, 6.45) is 8.13. The molecule has 0 aliphatic heterocycles. The molecule has 2 aromatic heterocycles. The molecule has 3 rings (SSSR count). The van der Waals surface area contributed by atoms with Crippen LogP contribution in [0.4, 0.5) is 5.95 Å². The first-order valence-corrected chi connectivity index (χ1v) is 11.6. The third-order valence-corrected chi connectivity index (χ3v) is 5.83. The van der Waals surface area contributed by atoms with E-state index >= 15 is 0 Å². The average Bonchev–Trinajstić information content (AvgIpc) is 3.15. The number of aromatic amines is 1. The molecule has 0 bridgehead atoms. The lowest BCUT2D eigenvalue weighted by atomic mass is 10.1. The van der Waals surface area contributed by atoms with Crippen molar-refractivity contribution in [3.63, 3.8) is 0 Å². The molecule has 0 saturated heterocycles. The van der Waals surface area contributed by atoms with Crippen LogP contribution < -0.4 is 16.7 Å². The predicted molar refractivity (Wildman–Crippen MR) is 131 cm³/mol. The molecule has 0 unspecified atom stereocenters. The molecule has 1 aromatic carbocycles. The Hall–Kier alpha value is -2.87. The van der Waals surface area contributed by atoms with Gasteiger partial charge in [-0.1, -0.05) is 69.2 Å². The summed E-state index contributed by atoms with van der Waals surface area (Å²) in [6.45, 7) is 4.70. The van der Waals surface area contributed by atoms with E-state index < -0.39 is 11.2 Å². The van der Waals surface area contributed by atoms with Crippen molar-refractivity contribution in [1.82, 2.24) is 19.1 Å². The van der Waals surface area contributed by atoms with Gasteiger partial charge in [-0.25, -0.2) is 10.2 Å². The maximum Gasteiger partial charge on any atom is 0.329 e. The number of rotatable bonds is 11. The van der Waals surface area contributed by atoms with Crippen molar-refractivity contribution in [3.05, 3.63) is 55.7 Å². The molecule has 0 aliphatic carbocycles. The summed E-state index contributed by atoms with van der Waals surface area (Å²) in [5.74, 6) is 0.436. The molecule has 0 fully saturated rings. The fourth-order valence-electron chi connectivity index (χ4n) is 3.65. The Morgan fingerprint density at radius 3 is 2.44 bits per heavy atom. The smallest absolute Gasteiger partial charge is 0.303 e. The summed E-state index contributed by atoms with van der Waals surface area (Å²) >= 11 is 5.96. The van der Waals surface area contributed by atoms with Crippen LogP contribution in [-0.4, -0.2) is 24.8 Å². The topological polar surface area (TPSA) is 97.1 Å². The van der Waals surface area contributed by atoms with E-state index in [1.807, 2.05) is 23.6 Å². The molecule has 3 aromatic rings. The summed E-state index contributed by atoms with van der Waals surface area (Å²) in [5.41, 5.74) is 4.45. The molecule has 9 heteroatoms. The molecule has 0 radical (unpaired) electrons. The summed E-state index contributed by atoms with van der Waals surface area (Å²) in [5, 5.41) is 5.11. The van der Waals surface area contributed by atoms with Crippen LogP contribution in [0.1, 0.15) is 64.4 Å². The SMILES string of the molecule is CCCCCCCCCn1c(NN=C(C)c2ccc(Cl)cc2)nc2c1c(=O)[nH]c(=O)n2C. The summed E-state index contributed by atoms with van der Waals surface area (Å²) < 4.78 is 3.16. The molecule has 0 saturated carbocycles. The zero-order valence-corrected chi connectivity index (χ0v) is 19.7. The Morgan fingerprint density at radius 2 is 1.75 bits per heavy atom. The van der Waals surface area contributed by atoms with Gasteiger partial charge >= 0.3 is 5.69 Å². The minimum Gasteiger partial charge on any atom is -0.303 e. The van der Waals surface area contributed by atoms with Gasteiger partial charge in [0.1, 0.15) is 0 Å². The summed E-state index contributed by atoms with van der Waals surface area (Å²) in [7, 11) is 1.59. The maximum atomic E-state index is 12.6. The second-order valence-corrected chi connectivity index (χ2v) is 8.45. The van der Waals surface area contributed by atoms with Crippen LogP contribution in [-0.2, 0) is 13.6 Å². The third-order valence-electron chi connectivity index (χ3n) is 5.58. The first-order valence-electron chi connectivity index (χ1n) is 11.2. The van der Waals surface area contributed by atoms with Gasteiger partial charge in [0.2, 0.25) is 5.95 Å². The van der Waals surface area contributed by atoms with Crippen LogP contribution in [0.25, 0.3) is 11.2 Å². The van der Waals surface area contributed by atoms with Crippen LogP contribution in [0.2, 0.25) is 5.02 Å². The van der Waals surface area contributed by atoms with Gasteiger partial charge in [-0.2, -0.15) is 10.1 Å². The zero-order valence-electron chi connectivity index (χ0n) is 18.9. The second-order valence-electron chi connectivity index (χ2n) is 8.01. The van der Waals surface area contributed by atoms with Gasteiger partial charge in [0.25, 0.3) is 5.56 Å². The molecule has 8 nitrogen and oxygen atoms in total. The number of nitrogens with zero attached hydrogens (tertiary/aromatic N) is 4. The van der Waals surface area contributed by atoms with Crippen LogP contribution in [0.15, 0.2) is 39.0 Å². The fourth-order valence-corrected chi connectivity index (χ4v) is 3.78. The van der Waals surface area contributed by atoms with E-state index in [-0.39, 0.29) is 0 Å². The van der Waals surface area contributed by atoms with Crippen molar-refractivity contribution in [3.8, 4) is 0 Å². The largest absolute Gasteiger partial charge is 0.329 e. The number of fused-ring (bicyclic) bond motifs is 1. The number of H-pyrrole nitrogens is 1. The number of nitrogens with one attached hydrogen (secondary N) is 2. The van der Waals surface area contributed by atoms with E-state index in [2.05, 4.69) is 27.4 Å². The number of anilines is 1. The normalized spacial score (nSPS) is 11.9. The molecule has 2 N–H and O–H groups in total. The molecule has 0 atom stereocenters. The number of hydrogen-bond donors (Lipinski definition) is 2. The van der Waals surface area contributed by atoms with Crippen molar-refractivity contribution in [2.45, 2.75) is 65.3 Å². The number of aryl methyl sites for hydroxylation is 2. The van der Waals surface area contributed by atoms with Gasteiger partial charge in [-0.15, -0.1) is 0 Å². The highest BCUT2D eigenvalue weighted by Crippen LogP contribution is 2.18. The minimum absolute atomic E-state index is 0.337. The van der Waals surface area contributed by atoms with Gasteiger partial charge in [0.15, 0.2) is 11.2 Å². The number of hydrazone groups is 1. The lowest BCUT2D eigenvalue weighted by Gasteiger charge is -2.09. The molecule has 0 amide bonds. The first kappa shape index (κ1) is 23.8. The molecule has 0 aliphatic rings. The lowest BCUT2D eigenvalue weighted by Crippen LogP contribution is -2.29. The van der Waals surface area contributed by atoms with E-state index in [1.54, 1.807) is 19.2 Å². The highest BCUT2D eigenvalue weighted by Gasteiger charge is 2.17. The Kier molecular flexibility index (Phi) is 8.27. The molecule has 2 heterocycles. The van der Waals surface area contributed by atoms with Crippen LogP contribution in [0.3, 0.4) is 0 Å². The van der Waals surface area contributed by atoms with Crippen molar-refractivity contribution >= 4 is 34.4 Å². The van der Waals surface area contributed by atoms with Gasteiger partial charge in [0.05, 0.1) is 5.71 Å². The van der Waals surface area contributed by atoms with E-state index in [9.17, 15) is 9.59 Å². The van der Waals surface area contributed by atoms with E-state index in [4.69, 9.17) is 11.6 Å². The summed E-state index contributed by atoms with van der Waals surface area (Å²) in [4.78, 5) is 31.5. The Bertz CT molecular complexity index is 1190. The Morgan fingerprint density at radius 1 is 1.09 bits per heavy atom. The highest BCUT2D eigenvalue weighted by atomic mass is 35.5. The average molecular weight is 459 g/mol. The van der Waals surface area contributed by atoms with Crippen molar-refractivity contribution in [1.29, 1.82) is 0 Å². The minimum atomic E-state index is -0.490. The Labute approximate surface area is 192 Å². The second kappa shape index (κ2) is 11.1. The van der Waals surface area contributed by atoms with Crippen molar-refractivity contribution < 1.29 is 0 Å². The van der Waals surface area contributed by atoms with Gasteiger partial charge in [-0.05, 0) is 31.0 Å². The number of unbranched alkanes of at least 4 members (excludes halogenated alkanes) is 6. The maximum absolute atomic E-state index is 12.6. The zero-order chi connectivity index (χ0) is 23.1. The van der Waals surface area contributed by atoms with E-state index in [1.165, 1.54) is 30.3 Å². The number of aromatic nitrogens is 4. The first-order chi connectivity index (χ1) is 15.4. The quantitative estimate of drug-likeness (QED) is 0.248. The predicted octanol–water partition coefficient (Wildman–Crippen LogP) is 4.66. The number of halogens is 1. The van der Waals surface area contributed by atoms with Gasteiger partial charge in [0, 0.05) is 18.6 Å². The number of imidazole rings is 1. The number of benzene rings is 1. The monoisotopic (exact) mass is 458 g/mol. The molecule has 172 valence electrons. The van der Waals surface area contributed by atoms with E-state index in [0.29, 0.717) is 28.7 Å². The van der Waals surface area contributed by atoms with Gasteiger partial charge in [-0.3, -0.25) is 14.3 Å². The van der Waals surface area contributed by atoms with Crippen LogP contribution >= 0.6 is 11.6 Å². The molecular formula is C23H31ClN6O2. The lowest BCUT2D eigenvalue weighted by molar-refractivity contribution is 0.556. The van der Waals surface area contributed by atoms with Crippen LogP contribution in [0.5, 0.6) is 0 Å². The van der Waals surface area contributed by atoms with Crippen molar-refractivity contribution in [2.75, 3.05) is 5.43 Å². The molecule has 32 heavy (non-hydrogen) atoms. The third kappa shape index (κ3) is 5.68. The highest BCUT2D eigenvalue weighted by molar-refractivity contribution is 6.30. The number of hydrogen-bond acceptors (Lipinski definition) is 5. The molecule has 0 spiro atoms. The van der Waals surface area contributed by atoms with Crippen LogP contribution in [0, 0.1) is 0 Å². The van der Waals surface area contributed by atoms with E-state index in [0.717, 1.165) is 30.5 Å². The van der Waals surface area contributed by atoms with Crippen molar-refractivity contribution in [2.24, 2.45) is 12.1 Å². The van der Waals surface area contributed by atoms with Gasteiger partial charge < -0.3 is 4.57 Å². The standard InChI is InChI=1S/C23H31ClN6O2/c1-4-5-6-7-8-9-10-15-30-19-20(29(3)23(32)26-21(19)31)25-22(30)28-27-16(2)17-11-13-18(24)14-12-17/h11-14H,4-10,15H2,1-3H3,(H,25,28)(H,26,31,32). The fraction of sp³-hybridized carbons (Fsp3) is 0.478. The molecular weight excluding hydrogens is 428 g/mol.